The minimum atomic E-state index is -1.78. The molecule has 0 aromatic carbocycles. The van der Waals surface area contributed by atoms with Gasteiger partial charge in [0.1, 0.15) is 0 Å². The minimum Gasteiger partial charge on any atom is -0.476 e. The Hall–Kier alpha value is -2.46. The molecule has 0 saturated heterocycles. The molecule has 11 heteroatoms. The quantitative estimate of drug-likeness (QED) is 0.248. The van der Waals surface area contributed by atoms with Crippen molar-refractivity contribution in [1.29, 1.82) is 0 Å². The van der Waals surface area contributed by atoms with E-state index in [0.29, 0.717) is 0 Å². The van der Waals surface area contributed by atoms with Crippen molar-refractivity contribution in [3.63, 3.8) is 0 Å². The SMILES string of the molecule is O=C(O)C(=O)CCCC(O[N+](=O)[O-])O[N+](=O)[O-]. The van der Waals surface area contributed by atoms with Crippen molar-refractivity contribution >= 4 is 11.8 Å². The molecule has 1 N–H and O–H groups in total. The summed E-state index contributed by atoms with van der Waals surface area (Å²) in [5.41, 5.74) is 0. The van der Waals surface area contributed by atoms with Gasteiger partial charge in [-0.1, -0.05) is 0 Å². The Bertz CT molecular complexity index is 311. The van der Waals surface area contributed by atoms with Crippen molar-refractivity contribution in [3.8, 4) is 0 Å². The third-order valence-corrected chi connectivity index (χ3v) is 1.49. The van der Waals surface area contributed by atoms with Crippen molar-refractivity contribution in [2.75, 3.05) is 0 Å². The molecule has 0 aliphatic carbocycles. The highest BCUT2D eigenvalue weighted by Gasteiger charge is 2.19. The van der Waals surface area contributed by atoms with E-state index in [4.69, 9.17) is 5.11 Å². The molecule has 0 saturated carbocycles. The van der Waals surface area contributed by atoms with Crippen molar-refractivity contribution in [2.45, 2.75) is 25.6 Å². The lowest BCUT2D eigenvalue weighted by molar-refractivity contribution is -0.851. The van der Waals surface area contributed by atoms with Crippen molar-refractivity contribution in [3.05, 3.63) is 20.2 Å². The number of nitrogens with zero attached hydrogens (tertiary/aromatic N) is 2. The molecule has 0 rings (SSSR count). The third kappa shape index (κ3) is 7.47. The summed E-state index contributed by atoms with van der Waals surface area (Å²) in [4.78, 5) is 48.2. The summed E-state index contributed by atoms with van der Waals surface area (Å²) in [5, 5.41) is 25.5. The second-order valence-electron chi connectivity index (χ2n) is 2.71. The Balaban J connectivity index is 4.07. The maximum absolute atomic E-state index is 10.6. The zero-order valence-corrected chi connectivity index (χ0v) is 8.31. The summed E-state index contributed by atoms with van der Waals surface area (Å²) in [5.74, 6) is -2.75. The predicted octanol–water partition coefficient (Wildman–Crippen LogP) is -0.447. The van der Waals surface area contributed by atoms with Crippen LogP contribution in [0.4, 0.5) is 0 Å². The van der Waals surface area contributed by atoms with Gasteiger partial charge in [-0.2, -0.15) is 0 Å². The molecule has 17 heavy (non-hydrogen) atoms. The van der Waals surface area contributed by atoms with Crippen LogP contribution in [0.1, 0.15) is 19.3 Å². The Morgan fingerprint density at radius 2 is 1.65 bits per heavy atom. The third-order valence-electron chi connectivity index (χ3n) is 1.49. The van der Waals surface area contributed by atoms with E-state index in [1.165, 1.54) is 0 Å². The Kier molecular flexibility index (Phi) is 5.92. The van der Waals surface area contributed by atoms with E-state index < -0.39 is 34.6 Å². The minimum absolute atomic E-state index is 0.155. The fourth-order valence-electron chi connectivity index (χ4n) is 0.853. The number of aliphatic carboxylic acids is 1. The standard InChI is InChI=1S/C6H8N2O9/c9-4(6(10)11)2-1-3-5(16-7(12)13)17-8(14)15/h5H,1-3H2,(H,10,11). The summed E-state index contributed by atoms with van der Waals surface area (Å²) >= 11 is 0. The zero-order valence-electron chi connectivity index (χ0n) is 8.31. The molecule has 0 spiro atoms. The number of carbonyl (C=O) groups is 2. The molecule has 96 valence electrons. The molecule has 11 nitrogen and oxygen atoms in total. The number of carboxylic acid groups (broad SMARTS) is 1. The van der Waals surface area contributed by atoms with Gasteiger partial charge in [0.25, 0.3) is 16.5 Å². The number of rotatable bonds is 9. The largest absolute Gasteiger partial charge is 0.476 e. The van der Waals surface area contributed by atoms with Gasteiger partial charge < -0.3 is 5.11 Å². The van der Waals surface area contributed by atoms with Crippen LogP contribution in [-0.2, 0) is 19.3 Å². The molecule has 0 heterocycles. The average Bonchev–Trinajstić information content (AvgIpc) is 2.14. The Morgan fingerprint density at radius 3 is 2.00 bits per heavy atom. The number of hydrogen-bond donors (Lipinski definition) is 1. The van der Waals surface area contributed by atoms with Gasteiger partial charge in [-0.25, -0.2) is 4.79 Å². The lowest BCUT2D eigenvalue weighted by Crippen LogP contribution is -2.24. The van der Waals surface area contributed by atoms with Gasteiger partial charge in [0, 0.05) is 6.42 Å². The maximum atomic E-state index is 10.6. The van der Waals surface area contributed by atoms with E-state index in [0.717, 1.165) is 0 Å². The van der Waals surface area contributed by atoms with Crippen LogP contribution in [0.15, 0.2) is 0 Å². The van der Waals surface area contributed by atoms with E-state index in [9.17, 15) is 29.8 Å². The number of carboxylic acids is 1. The molecule has 0 fully saturated rings. The van der Waals surface area contributed by atoms with E-state index in [-0.39, 0.29) is 12.8 Å². The zero-order chi connectivity index (χ0) is 13.4. The summed E-state index contributed by atoms with van der Waals surface area (Å²) in [6.07, 6.45) is -2.71. The summed E-state index contributed by atoms with van der Waals surface area (Å²) in [7, 11) is 0. The van der Waals surface area contributed by atoms with E-state index in [1.807, 2.05) is 0 Å². The molecule has 0 bridgehead atoms. The maximum Gasteiger partial charge on any atom is 0.372 e. The van der Waals surface area contributed by atoms with Crippen LogP contribution < -0.4 is 0 Å². The number of hydrogen-bond acceptors (Lipinski definition) is 8. The second-order valence-corrected chi connectivity index (χ2v) is 2.71. The van der Waals surface area contributed by atoms with Crippen LogP contribution in [0.25, 0.3) is 0 Å². The number of ketones is 1. The van der Waals surface area contributed by atoms with Crippen LogP contribution in [-0.4, -0.2) is 33.3 Å². The van der Waals surface area contributed by atoms with Crippen LogP contribution in [0.3, 0.4) is 0 Å². The molecular weight excluding hydrogens is 244 g/mol. The molecule has 0 atom stereocenters. The number of Topliss-reactive ketones (excluding diaryl/α,β-unsaturated/α-hetero) is 1. The van der Waals surface area contributed by atoms with Gasteiger partial charge in [0.15, 0.2) is 0 Å². The Morgan fingerprint density at radius 1 is 1.18 bits per heavy atom. The molecule has 0 amide bonds. The lowest BCUT2D eigenvalue weighted by Gasteiger charge is -2.11. The fraction of sp³-hybridized carbons (Fsp3) is 0.667. The molecular formula is C6H8N2O9. The van der Waals surface area contributed by atoms with Crippen molar-refractivity contribution in [2.24, 2.45) is 0 Å². The van der Waals surface area contributed by atoms with Crippen LogP contribution in [0.5, 0.6) is 0 Å². The van der Waals surface area contributed by atoms with Gasteiger partial charge in [-0.3, -0.25) is 14.5 Å². The van der Waals surface area contributed by atoms with E-state index in [2.05, 4.69) is 9.68 Å². The lowest BCUT2D eigenvalue weighted by atomic mass is 10.2. The molecule has 0 radical (unpaired) electrons. The van der Waals surface area contributed by atoms with Gasteiger partial charge in [-0.05, 0) is 12.8 Å². The van der Waals surface area contributed by atoms with Crippen molar-refractivity contribution in [1.82, 2.24) is 0 Å². The monoisotopic (exact) mass is 252 g/mol. The first-order valence-corrected chi connectivity index (χ1v) is 4.21. The van der Waals surface area contributed by atoms with Gasteiger partial charge in [0.2, 0.25) is 5.78 Å². The summed E-state index contributed by atoms with van der Waals surface area (Å²) in [6.45, 7) is 0. The van der Waals surface area contributed by atoms with E-state index in [1.54, 1.807) is 0 Å². The highest BCUT2D eigenvalue weighted by atomic mass is 17.0. The number of carbonyl (C=O) groups excluding carboxylic acids is 1. The molecule has 0 aromatic heterocycles. The fourth-order valence-corrected chi connectivity index (χ4v) is 0.853. The van der Waals surface area contributed by atoms with Crippen molar-refractivity contribution < 1.29 is 34.5 Å². The Labute approximate surface area is 93.1 Å². The highest BCUT2D eigenvalue weighted by Crippen LogP contribution is 2.07. The van der Waals surface area contributed by atoms with Crippen LogP contribution in [0, 0.1) is 20.2 Å². The first-order valence-electron chi connectivity index (χ1n) is 4.21. The van der Waals surface area contributed by atoms with E-state index >= 15 is 0 Å². The molecule has 0 aliphatic heterocycles. The summed E-state index contributed by atoms with van der Waals surface area (Å²) < 4.78 is 0. The first kappa shape index (κ1) is 14.5. The smallest absolute Gasteiger partial charge is 0.372 e. The molecule has 0 unspecified atom stereocenters. The van der Waals surface area contributed by atoms with Crippen LogP contribution >= 0.6 is 0 Å². The van der Waals surface area contributed by atoms with Gasteiger partial charge in [-0.15, -0.1) is 20.2 Å². The first-order chi connectivity index (χ1) is 7.82. The van der Waals surface area contributed by atoms with Gasteiger partial charge >= 0.3 is 5.97 Å². The molecule has 0 aliphatic rings. The second kappa shape index (κ2) is 6.92. The average molecular weight is 252 g/mol. The summed E-state index contributed by atoms with van der Waals surface area (Å²) in [6, 6.07) is 0. The van der Waals surface area contributed by atoms with Crippen LogP contribution in [0.2, 0.25) is 0 Å². The molecule has 0 aromatic rings. The predicted molar refractivity (Wildman–Crippen MR) is 46.4 cm³/mol. The topological polar surface area (TPSA) is 159 Å². The highest BCUT2D eigenvalue weighted by molar-refractivity contribution is 6.32. The van der Waals surface area contributed by atoms with Gasteiger partial charge in [0.05, 0.1) is 0 Å². The normalized spacial score (nSPS) is 9.71.